The minimum Gasteiger partial charge on any atom is -0.504 e. The number of hydrogen-bond donors (Lipinski definition) is 2. The van der Waals surface area contributed by atoms with Gasteiger partial charge in [-0.15, -0.1) is 0 Å². The Kier molecular flexibility index (Phi) is 3.36. The molecule has 0 aliphatic heterocycles. The first-order valence-electron chi connectivity index (χ1n) is 5.91. The molecule has 1 aliphatic rings. The van der Waals surface area contributed by atoms with Gasteiger partial charge >= 0.3 is 0 Å². The number of hydrogen-bond acceptors (Lipinski definition) is 3. The van der Waals surface area contributed by atoms with E-state index in [-0.39, 0.29) is 5.75 Å². The fourth-order valence-electron chi connectivity index (χ4n) is 2.35. The fourth-order valence-corrected chi connectivity index (χ4v) is 3.33. The Labute approximate surface area is 110 Å². The second-order valence-corrected chi connectivity index (χ2v) is 5.43. The predicted octanol–water partition coefficient (Wildman–Crippen LogP) is 3.06. The lowest BCUT2D eigenvalue weighted by Crippen LogP contribution is -2.43. The number of phenols is 1. The summed E-state index contributed by atoms with van der Waals surface area (Å²) in [7, 11) is 1.57. The molecule has 0 spiro atoms. The van der Waals surface area contributed by atoms with Crippen LogP contribution in [0.5, 0.6) is 11.5 Å². The van der Waals surface area contributed by atoms with Crippen LogP contribution in [0.15, 0.2) is 10.5 Å². The third-order valence-electron chi connectivity index (χ3n) is 3.62. The maximum Gasteiger partial charge on any atom is 0.163 e. The fraction of sp³-hybridized carbons (Fsp3) is 0.538. The smallest absolute Gasteiger partial charge is 0.163 e. The Balaban J connectivity index is 2.62. The first-order chi connectivity index (χ1) is 8.03. The van der Waals surface area contributed by atoms with Crippen LogP contribution in [0.4, 0.5) is 0 Å². The van der Waals surface area contributed by atoms with E-state index >= 15 is 0 Å². The van der Waals surface area contributed by atoms with Crippen LogP contribution in [0, 0.1) is 0 Å². The van der Waals surface area contributed by atoms with Crippen LogP contribution in [-0.2, 0) is 12.0 Å². The van der Waals surface area contributed by atoms with E-state index in [0.29, 0.717) is 5.75 Å². The Morgan fingerprint density at radius 1 is 1.53 bits per heavy atom. The normalized spacial score (nSPS) is 17.6. The van der Waals surface area contributed by atoms with Crippen molar-refractivity contribution in [2.45, 2.75) is 38.1 Å². The lowest BCUT2D eigenvalue weighted by molar-refractivity contribution is 0.241. The van der Waals surface area contributed by atoms with E-state index < -0.39 is 5.54 Å². The summed E-state index contributed by atoms with van der Waals surface area (Å²) < 4.78 is 6.15. The molecular formula is C13H18BrNO2. The summed E-state index contributed by atoms with van der Waals surface area (Å²) in [6.45, 7) is 2.07. The maximum absolute atomic E-state index is 10.3. The molecule has 0 radical (unpaired) electrons. The Hall–Kier alpha value is -0.740. The van der Waals surface area contributed by atoms with Crippen LogP contribution in [0.2, 0.25) is 0 Å². The highest BCUT2D eigenvalue weighted by Gasteiger charge is 2.39. The van der Waals surface area contributed by atoms with Gasteiger partial charge in [0, 0.05) is 15.6 Å². The summed E-state index contributed by atoms with van der Waals surface area (Å²) in [6, 6.07) is 1.87. The lowest BCUT2D eigenvalue weighted by Gasteiger charge is -2.40. The molecule has 1 aromatic rings. The summed E-state index contributed by atoms with van der Waals surface area (Å²) in [4.78, 5) is 0. The molecule has 0 heterocycles. The number of ether oxygens (including phenoxy) is 1. The van der Waals surface area contributed by atoms with E-state index in [1.165, 1.54) is 0 Å². The van der Waals surface area contributed by atoms with E-state index in [1.807, 2.05) is 6.07 Å². The number of rotatable bonds is 3. The molecule has 0 saturated heterocycles. The minimum absolute atomic E-state index is 0.179. The van der Waals surface area contributed by atoms with Crippen molar-refractivity contribution >= 4 is 15.9 Å². The average molecular weight is 300 g/mol. The number of benzene rings is 1. The summed E-state index contributed by atoms with van der Waals surface area (Å²) in [5, 5.41) is 10.3. The van der Waals surface area contributed by atoms with Crippen LogP contribution in [0.1, 0.15) is 37.3 Å². The highest BCUT2D eigenvalue weighted by Crippen LogP contribution is 2.50. The van der Waals surface area contributed by atoms with Gasteiger partial charge in [-0.2, -0.15) is 0 Å². The quantitative estimate of drug-likeness (QED) is 0.902. The van der Waals surface area contributed by atoms with Crippen LogP contribution < -0.4 is 10.5 Å². The number of aryl methyl sites for hydroxylation is 1. The van der Waals surface area contributed by atoms with Crippen LogP contribution >= 0.6 is 15.9 Å². The highest BCUT2D eigenvalue weighted by atomic mass is 79.9. The van der Waals surface area contributed by atoms with E-state index in [4.69, 9.17) is 10.5 Å². The summed E-state index contributed by atoms with van der Waals surface area (Å²) in [5.41, 5.74) is 7.85. The van der Waals surface area contributed by atoms with Gasteiger partial charge in [0.05, 0.1) is 7.11 Å². The maximum atomic E-state index is 10.3. The number of halogens is 1. The van der Waals surface area contributed by atoms with Gasteiger partial charge in [-0.25, -0.2) is 0 Å². The van der Waals surface area contributed by atoms with E-state index in [9.17, 15) is 5.11 Å². The molecule has 1 saturated carbocycles. The van der Waals surface area contributed by atoms with Gasteiger partial charge < -0.3 is 15.6 Å². The van der Waals surface area contributed by atoms with Gasteiger partial charge in [0.2, 0.25) is 0 Å². The summed E-state index contributed by atoms with van der Waals surface area (Å²) >= 11 is 3.57. The van der Waals surface area contributed by atoms with Crippen molar-refractivity contribution in [3.63, 3.8) is 0 Å². The minimum atomic E-state index is -0.401. The second kappa shape index (κ2) is 4.50. The summed E-state index contributed by atoms with van der Waals surface area (Å²) in [6.07, 6.45) is 3.81. The van der Waals surface area contributed by atoms with E-state index in [2.05, 4.69) is 22.9 Å². The van der Waals surface area contributed by atoms with Crippen molar-refractivity contribution in [2.75, 3.05) is 7.11 Å². The zero-order valence-corrected chi connectivity index (χ0v) is 11.8. The monoisotopic (exact) mass is 299 g/mol. The molecule has 0 aromatic heterocycles. The number of nitrogens with two attached hydrogens (primary N) is 1. The second-order valence-electron chi connectivity index (χ2n) is 4.64. The molecule has 0 unspecified atom stereocenters. The molecule has 4 heteroatoms. The Bertz CT molecular complexity index is 413. The molecule has 1 aliphatic carbocycles. The van der Waals surface area contributed by atoms with Crippen molar-refractivity contribution in [1.29, 1.82) is 0 Å². The van der Waals surface area contributed by atoms with Crippen molar-refractivity contribution in [1.82, 2.24) is 0 Å². The Morgan fingerprint density at radius 2 is 2.18 bits per heavy atom. The van der Waals surface area contributed by atoms with Gasteiger partial charge in [0.25, 0.3) is 0 Å². The largest absolute Gasteiger partial charge is 0.504 e. The number of phenolic OH excluding ortho intramolecular Hbond substituents is 1. The van der Waals surface area contributed by atoms with Crippen LogP contribution in [0.3, 0.4) is 0 Å². The zero-order valence-electron chi connectivity index (χ0n) is 10.2. The van der Waals surface area contributed by atoms with Gasteiger partial charge in [0.1, 0.15) is 0 Å². The van der Waals surface area contributed by atoms with E-state index in [0.717, 1.165) is 41.3 Å². The predicted molar refractivity (Wildman–Crippen MR) is 71.5 cm³/mol. The van der Waals surface area contributed by atoms with Gasteiger partial charge in [-0.1, -0.05) is 22.9 Å². The molecule has 0 amide bonds. The number of aromatic hydroxyl groups is 1. The standard InChI is InChI=1S/C13H18BrNO2/c1-3-8-7-9(17-2)12(16)10(11(8)14)13(15)5-4-6-13/h7,16H,3-6,15H2,1-2H3. The van der Waals surface area contributed by atoms with Gasteiger partial charge in [0.15, 0.2) is 11.5 Å². The molecule has 17 heavy (non-hydrogen) atoms. The lowest BCUT2D eigenvalue weighted by atomic mass is 9.72. The van der Waals surface area contributed by atoms with Crippen LogP contribution in [0.25, 0.3) is 0 Å². The molecule has 0 bridgehead atoms. The summed E-state index contributed by atoms with van der Waals surface area (Å²) in [5.74, 6) is 0.690. The highest BCUT2D eigenvalue weighted by molar-refractivity contribution is 9.10. The molecule has 94 valence electrons. The average Bonchev–Trinajstić information content (AvgIpc) is 2.27. The van der Waals surface area contributed by atoms with Crippen LogP contribution in [-0.4, -0.2) is 12.2 Å². The van der Waals surface area contributed by atoms with Crippen molar-refractivity contribution in [3.05, 3.63) is 21.7 Å². The van der Waals surface area contributed by atoms with Gasteiger partial charge in [-0.3, -0.25) is 0 Å². The van der Waals surface area contributed by atoms with Crippen molar-refractivity contribution < 1.29 is 9.84 Å². The zero-order chi connectivity index (χ0) is 12.6. The topological polar surface area (TPSA) is 55.5 Å². The third-order valence-corrected chi connectivity index (χ3v) is 4.53. The SMILES string of the molecule is CCc1cc(OC)c(O)c(C2(N)CCC2)c1Br. The molecule has 1 fully saturated rings. The molecule has 1 aromatic carbocycles. The molecule has 3 N–H and O–H groups in total. The molecule has 3 nitrogen and oxygen atoms in total. The van der Waals surface area contributed by atoms with Crippen molar-refractivity contribution in [2.24, 2.45) is 5.73 Å². The molecule has 0 atom stereocenters. The molecule has 2 rings (SSSR count). The first kappa shape index (κ1) is 12.7. The Morgan fingerprint density at radius 3 is 2.59 bits per heavy atom. The van der Waals surface area contributed by atoms with Gasteiger partial charge in [-0.05, 0) is 37.3 Å². The van der Waals surface area contributed by atoms with E-state index in [1.54, 1.807) is 7.11 Å². The number of methoxy groups -OCH3 is 1. The molecular weight excluding hydrogens is 282 g/mol. The third kappa shape index (κ3) is 1.93. The first-order valence-corrected chi connectivity index (χ1v) is 6.70. The van der Waals surface area contributed by atoms with Crippen molar-refractivity contribution in [3.8, 4) is 11.5 Å².